The lowest BCUT2D eigenvalue weighted by atomic mass is 9.74. The van der Waals surface area contributed by atoms with E-state index in [1.54, 1.807) is 0 Å². The summed E-state index contributed by atoms with van der Waals surface area (Å²) in [6.45, 7) is 6.01. The molecule has 0 spiro atoms. The average molecular weight is 224 g/mol. The highest BCUT2D eigenvalue weighted by molar-refractivity contribution is 5.77. The van der Waals surface area contributed by atoms with Gasteiger partial charge < -0.3 is 10.6 Å². The summed E-state index contributed by atoms with van der Waals surface area (Å²) < 4.78 is 0. The lowest BCUT2D eigenvalue weighted by Crippen LogP contribution is -2.43. The smallest absolute Gasteiger partial charge is 0.220 e. The SMILES string of the molecule is CCC1CCN(CC2CC(C(N)=O)C2)CC1. The van der Waals surface area contributed by atoms with Gasteiger partial charge >= 0.3 is 0 Å². The van der Waals surface area contributed by atoms with Gasteiger partial charge in [-0.05, 0) is 50.6 Å². The van der Waals surface area contributed by atoms with Crippen molar-refractivity contribution in [2.45, 2.75) is 39.0 Å². The Labute approximate surface area is 98.4 Å². The van der Waals surface area contributed by atoms with Crippen molar-refractivity contribution in [3.63, 3.8) is 0 Å². The van der Waals surface area contributed by atoms with Gasteiger partial charge in [-0.2, -0.15) is 0 Å². The molecule has 92 valence electrons. The van der Waals surface area contributed by atoms with Gasteiger partial charge in [0.15, 0.2) is 0 Å². The minimum Gasteiger partial charge on any atom is -0.369 e. The largest absolute Gasteiger partial charge is 0.369 e. The van der Waals surface area contributed by atoms with E-state index in [2.05, 4.69) is 11.8 Å². The van der Waals surface area contributed by atoms with Gasteiger partial charge in [0.2, 0.25) is 5.91 Å². The molecule has 1 aliphatic carbocycles. The summed E-state index contributed by atoms with van der Waals surface area (Å²) in [6, 6.07) is 0. The highest BCUT2D eigenvalue weighted by atomic mass is 16.1. The maximum absolute atomic E-state index is 10.9. The van der Waals surface area contributed by atoms with Crippen molar-refractivity contribution >= 4 is 5.91 Å². The Hall–Kier alpha value is -0.570. The molecule has 2 rings (SSSR count). The van der Waals surface area contributed by atoms with Crippen LogP contribution < -0.4 is 5.73 Å². The molecule has 1 amide bonds. The molecule has 0 bridgehead atoms. The van der Waals surface area contributed by atoms with Crippen LogP contribution in [0.2, 0.25) is 0 Å². The highest BCUT2D eigenvalue weighted by Crippen LogP contribution is 2.34. The number of carbonyl (C=O) groups excluding carboxylic acids is 1. The van der Waals surface area contributed by atoms with E-state index in [1.165, 1.54) is 38.9 Å². The number of nitrogens with zero attached hydrogens (tertiary/aromatic N) is 1. The molecule has 0 aromatic heterocycles. The number of nitrogens with two attached hydrogens (primary N) is 1. The normalized spacial score (nSPS) is 32.3. The third-order valence-corrected chi connectivity index (χ3v) is 4.44. The Kier molecular flexibility index (Phi) is 3.85. The molecular formula is C13H24N2O. The standard InChI is InChI=1S/C13H24N2O/c1-2-10-3-5-15(6-4-10)9-11-7-12(8-11)13(14)16/h10-12H,2-9H2,1H3,(H2,14,16). The molecule has 2 aliphatic rings. The van der Waals surface area contributed by atoms with Crippen LogP contribution in [0.4, 0.5) is 0 Å². The zero-order chi connectivity index (χ0) is 11.5. The minimum atomic E-state index is -0.0964. The molecule has 2 N–H and O–H groups in total. The summed E-state index contributed by atoms with van der Waals surface area (Å²) >= 11 is 0. The summed E-state index contributed by atoms with van der Waals surface area (Å²) in [5, 5.41) is 0. The lowest BCUT2D eigenvalue weighted by molar-refractivity contribution is -0.126. The van der Waals surface area contributed by atoms with E-state index in [4.69, 9.17) is 5.73 Å². The van der Waals surface area contributed by atoms with Crippen molar-refractivity contribution in [2.75, 3.05) is 19.6 Å². The van der Waals surface area contributed by atoms with Gasteiger partial charge in [-0.25, -0.2) is 0 Å². The Bertz CT molecular complexity index is 240. The van der Waals surface area contributed by atoms with Crippen molar-refractivity contribution < 1.29 is 4.79 Å². The van der Waals surface area contributed by atoms with E-state index in [1.807, 2.05) is 0 Å². The van der Waals surface area contributed by atoms with E-state index < -0.39 is 0 Å². The number of hydrogen-bond acceptors (Lipinski definition) is 2. The number of piperidine rings is 1. The first-order valence-electron chi connectivity index (χ1n) is 6.70. The van der Waals surface area contributed by atoms with Crippen molar-refractivity contribution in [1.82, 2.24) is 4.90 Å². The number of likely N-dealkylation sites (tertiary alicyclic amines) is 1. The second-order valence-electron chi connectivity index (χ2n) is 5.59. The van der Waals surface area contributed by atoms with Crippen molar-refractivity contribution in [3.05, 3.63) is 0 Å². The first kappa shape index (κ1) is 11.9. The first-order chi connectivity index (χ1) is 7.69. The molecule has 3 heteroatoms. The van der Waals surface area contributed by atoms with Gasteiger partial charge in [0.25, 0.3) is 0 Å². The van der Waals surface area contributed by atoms with E-state index in [-0.39, 0.29) is 11.8 Å². The van der Waals surface area contributed by atoms with Crippen LogP contribution in [0, 0.1) is 17.8 Å². The summed E-state index contributed by atoms with van der Waals surface area (Å²) in [5.74, 6) is 1.77. The zero-order valence-corrected chi connectivity index (χ0v) is 10.3. The fraction of sp³-hybridized carbons (Fsp3) is 0.923. The molecule has 1 saturated heterocycles. The summed E-state index contributed by atoms with van der Waals surface area (Å²) in [4.78, 5) is 13.5. The van der Waals surface area contributed by atoms with Gasteiger partial charge in [0, 0.05) is 12.5 Å². The van der Waals surface area contributed by atoms with Crippen molar-refractivity contribution in [1.29, 1.82) is 0 Å². The molecule has 0 aromatic rings. The third-order valence-electron chi connectivity index (χ3n) is 4.44. The zero-order valence-electron chi connectivity index (χ0n) is 10.3. The fourth-order valence-corrected chi connectivity index (χ4v) is 3.06. The summed E-state index contributed by atoms with van der Waals surface area (Å²) in [5.41, 5.74) is 5.28. The van der Waals surface area contributed by atoms with E-state index >= 15 is 0 Å². The molecule has 16 heavy (non-hydrogen) atoms. The van der Waals surface area contributed by atoms with Gasteiger partial charge in [-0.3, -0.25) is 4.79 Å². The molecule has 1 aliphatic heterocycles. The second-order valence-corrected chi connectivity index (χ2v) is 5.59. The average Bonchev–Trinajstić information content (AvgIpc) is 2.23. The monoisotopic (exact) mass is 224 g/mol. The predicted octanol–water partition coefficient (Wildman–Crippen LogP) is 1.62. The van der Waals surface area contributed by atoms with E-state index in [9.17, 15) is 4.79 Å². The van der Waals surface area contributed by atoms with Crippen LogP contribution in [-0.4, -0.2) is 30.4 Å². The third kappa shape index (κ3) is 2.76. The van der Waals surface area contributed by atoms with Gasteiger partial charge in [-0.15, -0.1) is 0 Å². The second kappa shape index (κ2) is 5.17. The maximum atomic E-state index is 10.9. The van der Waals surface area contributed by atoms with Crippen LogP contribution in [-0.2, 0) is 4.79 Å². The van der Waals surface area contributed by atoms with Crippen LogP contribution >= 0.6 is 0 Å². The van der Waals surface area contributed by atoms with E-state index in [0.29, 0.717) is 0 Å². The molecule has 0 aromatic carbocycles. The quantitative estimate of drug-likeness (QED) is 0.788. The summed E-state index contributed by atoms with van der Waals surface area (Å²) in [6.07, 6.45) is 6.12. The molecule has 0 radical (unpaired) electrons. The maximum Gasteiger partial charge on any atom is 0.220 e. The number of amides is 1. The minimum absolute atomic E-state index is 0.0964. The van der Waals surface area contributed by atoms with Crippen LogP contribution in [0.25, 0.3) is 0 Å². The molecule has 2 fully saturated rings. The number of carbonyl (C=O) groups is 1. The topological polar surface area (TPSA) is 46.3 Å². The first-order valence-corrected chi connectivity index (χ1v) is 6.70. The van der Waals surface area contributed by atoms with Crippen LogP contribution in [0.15, 0.2) is 0 Å². The molecule has 1 saturated carbocycles. The molecule has 0 unspecified atom stereocenters. The molecule has 1 heterocycles. The van der Waals surface area contributed by atoms with Crippen molar-refractivity contribution in [3.8, 4) is 0 Å². The van der Waals surface area contributed by atoms with Crippen LogP contribution in [0.1, 0.15) is 39.0 Å². The van der Waals surface area contributed by atoms with Gasteiger partial charge in [-0.1, -0.05) is 13.3 Å². The Morgan fingerprint density at radius 3 is 2.38 bits per heavy atom. The molecular weight excluding hydrogens is 200 g/mol. The predicted molar refractivity (Wildman–Crippen MR) is 64.9 cm³/mol. The van der Waals surface area contributed by atoms with Crippen LogP contribution in [0.3, 0.4) is 0 Å². The number of hydrogen-bond donors (Lipinski definition) is 1. The van der Waals surface area contributed by atoms with Crippen LogP contribution in [0.5, 0.6) is 0 Å². The summed E-state index contributed by atoms with van der Waals surface area (Å²) in [7, 11) is 0. The number of primary amides is 1. The molecule has 0 atom stereocenters. The Balaban J connectivity index is 1.63. The van der Waals surface area contributed by atoms with Gasteiger partial charge in [0.1, 0.15) is 0 Å². The highest BCUT2D eigenvalue weighted by Gasteiger charge is 2.34. The van der Waals surface area contributed by atoms with E-state index in [0.717, 1.165) is 24.7 Å². The lowest BCUT2D eigenvalue weighted by Gasteiger charge is -2.39. The van der Waals surface area contributed by atoms with Gasteiger partial charge in [0.05, 0.1) is 0 Å². The molecule has 3 nitrogen and oxygen atoms in total. The number of rotatable bonds is 4. The Morgan fingerprint density at radius 1 is 1.25 bits per heavy atom. The van der Waals surface area contributed by atoms with Crippen molar-refractivity contribution in [2.24, 2.45) is 23.5 Å². The fourth-order valence-electron chi connectivity index (χ4n) is 3.06. The Morgan fingerprint density at radius 2 is 1.88 bits per heavy atom.